The summed E-state index contributed by atoms with van der Waals surface area (Å²) in [6.07, 6.45) is 2.36. The van der Waals surface area contributed by atoms with Gasteiger partial charge in [-0.3, -0.25) is 4.79 Å². The number of benzene rings is 1. The van der Waals surface area contributed by atoms with Crippen molar-refractivity contribution in [2.45, 2.75) is 12.3 Å². The Hall–Kier alpha value is -2.50. The van der Waals surface area contributed by atoms with E-state index in [9.17, 15) is 4.79 Å². The molecular weight excluding hydrogens is 284 g/mol. The normalized spacial score (nSPS) is 17.5. The molecule has 0 radical (unpaired) electrons. The highest BCUT2D eigenvalue weighted by atomic mass is 16.5. The maximum Gasteiger partial charge on any atom is 0.292 e. The zero-order valence-electron chi connectivity index (χ0n) is 12.6. The number of carbonyl (C=O) groups excluding carboxylic acids is 1. The molecule has 1 saturated heterocycles. The Morgan fingerprint density at radius 2 is 2.18 bits per heavy atom. The predicted molar refractivity (Wildman–Crippen MR) is 79.3 cm³/mol. The van der Waals surface area contributed by atoms with Gasteiger partial charge < -0.3 is 18.9 Å². The number of carbonyl (C=O) groups is 1. The van der Waals surface area contributed by atoms with Gasteiger partial charge in [0, 0.05) is 30.6 Å². The van der Waals surface area contributed by atoms with Crippen molar-refractivity contribution >= 4 is 5.91 Å². The van der Waals surface area contributed by atoms with E-state index in [1.165, 1.54) is 6.20 Å². The van der Waals surface area contributed by atoms with Crippen molar-refractivity contribution in [1.82, 2.24) is 10.1 Å². The van der Waals surface area contributed by atoms with Gasteiger partial charge >= 0.3 is 0 Å². The Kier molecular flexibility index (Phi) is 4.00. The first kappa shape index (κ1) is 14.4. The molecule has 0 spiro atoms. The lowest BCUT2D eigenvalue weighted by molar-refractivity contribution is 0.0749. The van der Waals surface area contributed by atoms with E-state index >= 15 is 0 Å². The molecule has 1 aromatic carbocycles. The smallest absolute Gasteiger partial charge is 0.292 e. The van der Waals surface area contributed by atoms with Crippen LogP contribution in [0.1, 0.15) is 28.5 Å². The van der Waals surface area contributed by atoms with Crippen molar-refractivity contribution in [2.75, 3.05) is 27.3 Å². The lowest BCUT2D eigenvalue weighted by Crippen LogP contribution is -2.28. The topological polar surface area (TPSA) is 64.8 Å². The van der Waals surface area contributed by atoms with E-state index in [0.717, 1.165) is 23.5 Å². The minimum Gasteiger partial charge on any atom is -0.497 e. The standard InChI is InChI=1S/C16H18N2O4/c1-20-12-3-4-14(21-2)13(9-12)11-6-8-18(10-11)16(19)15-5-7-17-22-15/h3-5,7,9,11H,6,8,10H2,1-2H3/t11-/m1/s1. The monoisotopic (exact) mass is 302 g/mol. The summed E-state index contributed by atoms with van der Waals surface area (Å²) in [6.45, 7) is 1.31. The molecule has 1 atom stereocenters. The second kappa shape index (κ2) is 6.09. The fourth-order valence-corrected chi connectivity index (χ4v) is 2.84. The van der Waals surface area contributed by atoms with Crippen molar-refractivity contribution in [3.05, 3.63) is 41.8 Å². The van der Waals surface area contributed by atoms with Crippen molar-refractivity contribution in [3.63, 3.8) is 0 Å². The zero-order valence-corrected chi connectivity index (χ0v) is 12.6. The molecule has 1 aromatic heterocycles. The van der Waals surface area contributed by atoms with Crippen molar-refractivity contribution in [2.24, 2.45) is 0 Å². The highest BCUT2D eigenvalue weighted by Crippen LogP contribution is 2.36. The van der Waals surface area contributed by atoms with E-state index in [-0.39, 0.29) is 17.6 Å². The van der Waals surface area contributed by atoms with Gasteiger partial charge in [-0.15, -0.1) is 0 Å². The first-order chi connectivity index (χ1) is 10.7. The van der Waals surface area contributed by atoms with Gasteiger partial charge in [0.25, 0.3) is 5.91 Å². The molecule has 1 aliphatic heterocycles. The number of likely N-dealkylation sites (tertiary alicyclic amines) is 1. The fraction of sp³-hybridized carbons (Fsp3) is 0.375. The number of rotatable bonds is 4. The molecule has 2 heterocycles. The van der Waals surface area contributed by atoms with Crippen LogP contribution in [-0.4, -0.2) is 43.3 Å². The lowest BCUT2D eigenvalue weighted by atomic mass is 9.97. The lowest BCUT2D eigenvalue weighted by Gasteiger charge is -2.17. The Balaban J connectivity index is 1.79. The summed E-state index contributed by atoms with van der Waals surface area (Å²) in [4.78, 5) is 14.1. The molecule has 0 aliphatic carbocycles. The molecule has 6 nitrogen and oxygen atoms in total. The number of hydrogen-bond acceptors (Lipinski definition) is 5. The molecule has 0 unspecified atom stereocenters. The fourth-order valence-electron chi connectivity index (χ4n) is 2.84. The Bertz CT molecular complexity index is 654. The summed E-state index contributed by atoms with van der Waals surface area (Å²) in [7, 11) is 3.29. The van der Waals surface area contributed by atoms with Gasteiger partial charge in [-0.05, 0) is 24.6 Å². The summed E-state index contributed by atoms with van der Waals surface area (Å²) in [5, 5.41) is 3.58. The minimum atomic E-state index is -0.123. The third kappa shape index (κ3) is 2.64. The molecule has 22 heavy (non-hydrogen) atoms. The predicted octanol–water partition coefficient (Wildman–Crippen LogP) is 2.32. The van der Waals surface area contributed by atoms with Crippen molar-refractivity contribution in [3.8, 4) is 11.5 Å². The Morgan fingerprint density at radius 3 is 2.86 bits per heavy atom. The van der Waals surface area contributed by atoms with E-state index in [2.05, 4.69) is 5.16 Å². The first-order valence-corrected chi connectivity index (χ1v) is 7.15. The van der Waals surface area contributed by atoms with Gasteiger partial charge in [-0.1, -0.05) is 5.16 Å². The van der Waals surface area contributed by atoms with Crippen LogP contribution in [0.15, 0.2) is 35.0 Å². The third-order valence-electron chi connectivity index (χ3n) is 4.00. The molecule has 1 fully saturated rings. The first-order valence-electron chi connectivity index (χ1n) is 7.15. The van der Waals surface area contributed by atoms with Gasteiger partial charge in [-0.2, -0.15) is 0 Å². The molecule has 0 saturated carbocycles. The molecule has 0 N–H and O–H groups in total. The van der Waals surface area contributed by atoms with E-state index in [1.54, 1.807) is 25.2 Å². The van der Waals surface area contributed by atoms with Crippen LogP contribution in [0.5, 0.6) is 11.5 Å². The molecule has 1 amide bonds. The van der Waals surface area contributed by atoms with Gasteiger partial charge in [0.2, 0.25) is 5.76 Å². The van der Waals surface area contributed by atoms with Crippen LogP contribution in [0.25, 0.3) is 0 Å². The van der Waals surface area contributed by atoms with Crippen LogP contribution in [0.3, 0.4) is 0 Å². The van der Waals surface area contributed by atoms with Gasteiger partial charge in [0.15, 0.2) is 0 Å². The number of hydrogen-bond donors (Lipinski definition) is 0. The summed E-state index contributed by atoms with van der Waals surface area (Å²) in [5.74, 6) is 1.98. The SMILES string of the molecule is COc1ccc(OC)c([C@@H]2CCN(C(=O)c3ccno3)C2)c1. The number of amides is 1. The summed E-state index contributed by atoms with van der Waals surface area (Å²) in [5.41, 5.74) is 1.06. The highest BCUT2D eigenvalue weighted by Gasteiger charge is 2.31. The number of methoxy groups -OCH3 is 2. The molecule has 3 rings (SSSR count). The second-order valence-corrected chi connectivity index (χ2v) is 5.22. The zero-order chi connectivity index (χ0) is 15.5. The largest absolute Gasteiger partial charge is 0.497 e. The maximum absolute atomic E-state index is 12.3. The van der Waals surface area contributed by atoms with Gasteiger partial charge in [0.05, 0.1) is 20.4 Å². The van der Waals surface area contributed by atoms with E-state index < -0.39 is 0 Å². The maximum atomic E-state index is 12.3. The Morgan fingerprint density at radius 1 is 1.32 bits per heavy atom. The molecule has 0 bridgehead atoms. The number of ether oxygens (including phenoxy) is 2. The average molecular weight is 302 g/mol. The summed E-state index contributed by atoms with van der Waals surface area (Å²) in [6, 6.07) is 7.33. The van der Waals surface area contributed by atoms with Crippen LogP contribution in [0, 0.1) is 0 Å². The number of aromatic nitrogens is 1. The van der Waals surface area contributed by atoms with Crippen molar-refractivity contribution in [1.29, 1.82) is 0 Å². The molecule has 6 heteroatoms. The van der Waals surface area contributed by atoms with Gasteiger partial charge in [0.1, 0.15) is 11.5 Å². The van der Waals surface area contributed by atoms with Crippen molar-refractivity contribution < 1.29 is 18.8 Å². The van der Waals surface area contributed by atoms with Crippen LogP contribution >= 0.6 is 0 Å². The molecule has 116 valence electrons. The Labute approximate surface area is 128 Å². The average Bonchev–Trinajstić information content (AvgIpc) is 3.25. The number of nitrogens with zero attached hydrogens (tertiary/aromatic N) is 2. The quantitative estimate of drug-likeness (QED) is 0.867. The molecule has 1 aliphatic rings. The van der Waals surface area contributed by atoms with E-state index in [1.807, 2.05) is 18.2 Å². The van der Waals surface area contributed by atoms with Crippen LogP contribution in [-0.2, 0) is 0 Å². The van der Waals surface area contributed by atoms with Crippen LogP contribution < -0.4 is 9.47 Å². The van der Waals surface area contributed by atoms with E-state index in [4.69, 9.17) is 14.0 Å². The second-order valence-electron chi connectivity index (χ2n) is 5.22. The van der Waals surface area contributed by atoms with Crippen LogP contribution in [0.2, 0.25) is 0 Å². The molecular formula is C16H18N2O4. The third-order valence-corrected chi connectivity index (χ3v) is 4.00. The van der Waals surface area contributed by atoms with Gasteiger partial charge in [-0.25, -0.2) is 0 Å². The summed E-state index contributed by atoms with van der Waals surface area (Å²) >= 11 is 0. The summed E-state index contributed by atoms with van der Waals surface area (Å²) < 4.78 is 15.7. The minimum absolute atomic E-state index is 0.123. The molecule has 2 aromatic rings. The highest BCUT2D eigenvalue weighted by molar-refractivity contribution is 5.91. The van der Waals surface area contributed by atoms with Crippen LogP contribution in [0.4, 0.5) is 0 Å². The van der Waals surface area contributed by atoms with E-state index in [0.29, 0.717) is 13.1 Å².